The first-order valence-corrected chi connectivity index (χ1v) is 10.9. The summed E-state index contributed by atoms with van der Waals surface area (Å²) in [5, 5.41) is 14.5. The lowest BCUT2D eigenvalue weighted by Gasteiger charge is -2.37. The molecule has 0 aliphatic carbocycles. The van der Waals surface area contributed by atoms with Crippen LogP contribution in [0.15, 0.2) is 42.5 Å². The molecular weight excluding hydrogens is 400 g/mol. The van der Waals surface area contributed by atoms with Crippen molar-refractivity contribution < 1.29 is 14.6 Å². The summed E-state index contributed by atoms with van der Waals surface area (Å²) in [5.74, 6) is 1.99. The number of aliphatic hydroxyl groups excluding tert-OH is 1. The standard InChI is InChI=1S/C24H33ClN2O3/c1-5-27-23(17-9-11-19(25)12-10-17)18(13-24(27,2)16-28)14-26-15-20-21(29-3)7-6-8-22(20)30-4/h6-12,18,23,26,28H,5,13-16H2,1-4H3/t18-,23+,24+/m1/s1. The van der Waals surface area contributed by atoms with Gasteiger partial charge in [0.1, 0.15) is 11.5 Å². The monoisotopic (exact) mass is 432 g/mol. The molecule has 0 unspecified atom stereocenters. The van der Waals surface area contributed by atoms with Gasteiger partial charge in [-0.3, -0.25) is 4.90 Å². The van der Waals surface area contributed by atoms with Crippen LogP contribution >= 0.6 is 11.6 Å². The third kappa shape index (κ3) is 4.59. The van der Waals surface area contributed by atoms with Crippen LogP contribution in [0.1, 0.15) is 37.4 Å². The molecule has 1 heterocycles. The number of likely N-dealkylation sites (N-methyl/N-ethyl adjacent to an activating group) is 1. The minimum atomic E-state index is -0.243. The van der Waals surface area contributed by atoms with Gasteiger partial charge in [0.25, 0.3) is 0 Å². The maximum atomic E-state index is 10.2. The molecule has 5 nitrogen and oxygen atoms in total. The zero-order valence-electron chi connectivity index (χ0n) is 18.3. The van der Waals surface area contributed by atoms with Gasteiger partial charge >= 0.3 is 0 Å². The van der Waals surface area contributed by atoms with Gasteiger partial charge in [0.15, 0.2) is 0 Å². The number of likely N-dealkylation sites (tertiary alicyclic amines) is 1. The lowest BCUT2D eigenvalue weighted by molar-refractivity contribution is 0.0579. The fraction of sp³-hybridized carbons (Fsp3) is 0.500. The molecule has 2 N–H and O–H groups in total. The molecule has 1 fully saturated rings. The third-order valence-electron chi connectivity index (χ3n) is 6.31. The molecule has 1 saturated heterocycles. The van der Waals surface area contributed by atoms with Crippen molar-refractivity contribution in [3.63, 3.8) is 0 Å². The molecule has 0 bridgehead atoms. The summed E-state index contributed by atoms with van der Waals surface area (Å²) in [5.41, 5.74) is 2.01. The fourth-order valence-corrected chi connectivity index (χ4v) is 5.02. The van der Waals surface area contributed by atoms with Crippen molar-refractivity contribution in [1.29, 1.82) is 0 Å². The van der Waals surface area contributed by atoms with E-state index in [0.717, 1.165) is 41.6 Å². The van der Waals surface area contributed by atoms with Gasteiger partial charge in [-0.25, -0.2) is 0 Å². The number of nitrogens with one attached hydrogen (secondary N) is 1. The van der Waals surface area contributed by atoms with Crippen molar-refractivity contribution in [1.82, 2.24) is 10.2 Å². The summed E-state index contributed by atoms with van der Waals surface area (Å²) in [6.07, 6.45) is 0.917. The van der Waals surface area contributed by atoms with E-state index >= 15 is 0 Å². The minimum absolute atomic E-state index is 0.141. The van der Waals surface area contributed by atoms with E-state index in [-0.39, 0.29) is 18.2 Å². The second-order valence-electron chi connectivity index (χ2n) is 8.17. The van der Waals surface area contributed by atoms with Crippen LogP contribution in [0.2, 0.25) is 5.02 Å². The Morgan fingerprint density at radius 1 is 1.13 bits per heavy atom. The second kappa shape index (κ2) is 10.0. The lowest BCUT2D eigenvalue weighted by Crippen LogP contribution is -2.45. The quantitative estimate of drug-likeness (QED) is 0.619. The Hall–Kier alpha value is -1.79. The molecule has 0 radical (unpaired) electrons. The average Bonchev–Trinajstić information content (AvgIpc) is 3.06. The molecule has 0 spiro atoms. The molecule has 3 atom stereocenters. The summed E-state index contributed by atoms with van der Waals surface area (Å²) in [6, 6.07) is 14.2. The van der Waals surface area contributed by atoms with Crippen LogP contribution in [-0.4, -0.2) is 49.5 Å². The molecule has 0 aromatic heterocycles. The molecule has 1 aliphatic rings. The first-order chi connectivity index (χ1) is 14.5. The topological polar surface area (TPSA) is 54.0 Å². The maximum absolute atomic E-state index is 10.2. The number of nitrogens with zero attached hydrogens (tertiary/aromatic N) is 1. The van der Waals surface area contributed by atoms with Gasteiger partial charge in [-0.15, -0.1) is 0 Å². The van der Waals surface area contributed by atoms with Crippen molar-refractivity contribution in [2.24, 2.45) is 5.92 Å². The highest BCUT2D eigenvalue weighted by Gasteiger charge is 2.47. The number of methoxy groups -OCH3 is 2. The Bertz CT molecular complexity index is 807. The van der Waals surface area contributed by atoms with Gasteiger partial charge in [-0.2, -0.15) is 0 Å². The smallest absolute Gasteiger partial charge is 0.127 e. The molecule has 1 aliphatic heterocycles. The summed E-state index contributed by atoms with van der Waals surface area (Å²) in [6.45, 7) is 6.80. The van der Waals surface area contributed by atoms with Gasteiger partial charge in [0.2, 0.25) is 0 Å². The number of hydrogen-bond acceptors (Lipinski definition) is 5. The van der Waals surface area contributed by atoms with Crippen molar-refractivity contribution in [2.45, 2.75) is 38.4 Å². The number of ether oxygens (including phenoxy) is 2. The summed E-state index contributed by atoms with van der Waals surface area (Å²) in [4.78, 5) is 2.42. The van der Waals surface area contributed by atoms with Crippen LogP contribution < -0.4 is 14.8 Å². The third-order valence-corrected chi connectivity index (χ3v) is 6.56. The Morgan fingerprint density at radius 3 is 2.30 bits per heavy atom. The predicted molar refractivity (Wildman–Crippen MR) is 121 cm³/mol. The summed E-state index contributed by atoms with van der Waals surface area (Å²) in [7, 11) is 3.36. The van der Waals surface area contributed by atoms with E-state index in [1.54, 1.807) is 14.2 Å². The SMILES string of the molecule is CCN1[C@@H](c2ccc(Cl)cc2)[C@@H](CNCc2c(OC)cccc2OC)C[C@@]1(C)CO. The van der Waals surface area contributed by atoms with Gasteiger partial charge in [0.05, 0.1) is 20.8 Å². The van der Waals surface area contributed by atoms with E-state index in [0.29, 0.717) is 12.5 Å². The number of rotatable bonds is 9. The van der Waals surface area contributed by atoms with Gasteiger partial charge in [-0.1, -0.05) is 36.7 Å². The van der Waals surface area contributed by atoms with E-state index < -0.39 is 0 Å². The second-order valence-corrected chi connectivity index (χ2v) is 8.61. The first-order valence-electron chi connectivity index (χ1n) is 10.5. The van der Waals surface area contributed by atoms with E-state index in [2.05, 4.69) is 36.2 Å². The van der Waals surface area contributed by atoms with E-state index in [1.807, 2.05) is 30.3 Å². The Kier molecular flexibility index (Phi) is 7.64. The molecule has 164 valence electrons. The highest BCUT2D eigenvalue weighted by molar-refractivity contribution is 6.30. The zero-order chi connectivity index (χ0) is 21.7. The molecular formula is C24H33ClN2O3. The summed E-state index contributed by atoms with van der Waals surface area (Å²) >= 11 is 6.13. The summed E-state index contributed by atoms with van der Waals surface area (Å²) < 4.78 is 11.0. The number of hydrogen-bond donors (Lipinski definition) is 2. The van der Waals surface area contributed by atoms with Crippen molar-refractivity contribution in [3.8, 4) is 11.5 Å². The van der Waals surface area contributed by atoms with Crippen LogP contribution in [0.4, 0.5) is 0 Å². The molecule has 0 saturated carbocycles. The van der Waals surface area contributed by atoms with Gasteiger partial charge in [0, 0.05) is 35.3 Å². The number of benzene rings is 2. The Labute approximate surface area is 184 Å². The predicted octanol–water partition coefficient (Wildman–Crippen LogP) is 4.28. The average molecular weight is 433 g/mol. The normalized spacial score (nSPS) is 24.2. The molecule has 3 rings (SSSR count). The van der Waals surface area contributed by atoms with Crippen LogP contribution in [0, 0.1) is 5.92 Å². The van der Waals surface area contributed by atoms with Crippen LogP contribution in [-0.2, 0) is 6.54 Å². The van der Waals surface area contributed by atoms with Crippen molar-refractivity contribution in [2.75, 3.05) is 33.9 Å². The van der Waals surface area contributed by atoms with Crippen molar-refractivity contribution in [3.05, 3.63) is 58.6 Å². The van der Waals surface area contributed by atoms with E-state index in [4.69, 9.17) is 21.1 Å². The van der Waals surface area contributed by atoms with Crippen LogP contribution in [0.5, 0.6) is 11.5 Å². The highest BCUT2D eigenvalue weighted by atomic mass is 35.5. The van der Waals surface area contributed by atoms with E-state index in [1.165, 1.54) is 5.56 Å². The number of halogens is 1. The lowest BCUT2D eigenvalue weighted by atomic mass is 9.90. The minimum Gasteiger partial charge on any atom is -0.496 e. The number of aliphatic hydroxyl groups is 1. The van der Waals surface area contributed by atoms with Crippen LogP contribution in [0.3, 0.4) is 0 Å². The fourth-order valence-electron chi connectivity index (χ4n) is 4.90. The maximum Gasteiger partial charge on any atom is 0.127 e. The van der Waals surface area contributed by atoms with E-state index in [9.17, 15) is 5.11 Å². The van der Waals surface area contributed by atoms with Gasteiger partial charge in [-0.05, 0) is 55.6 Å². The Morgan fingerprint density at radius 2 is 1.77 bits per heavy atom. The molecule has 30 heavy (non-hydrogen) atoms. The van der Waals surface area contributed by atoms with Crippen LogP contribution in [0.25, 0.3) is 0 Å². The largest absolute Gasteiger partial charge is 0.496 e. The first kappa shape index (κ1) is 22.9. The Balaban J connectivity index is 1.80. The van der Waals surface area contributed by atoms with Gasteiger partial charge < -0.3 is 19.9 Å². The molecule has 0 amide bonds. The molecule has 2 aromatic rings. The molecule has 2 aromatic carbocycles. The van der Waals surface area contributed by atoms with Crippen molar-refractivity contribution >= 4 is 11.6 Å². The molecule has 6 heteroatoms. The highest BCUT2D eigenvalue weighted by Crippen LogP contribution is 2.46. The zero-order valence-corrected chi connectivity index (χ0v) is 19.1.